The van der Waals surface area contributed by atoms with Crippen molar-refractivity contribution in [3.8, 4) is 0 Å². The average Bonchev–Trinajstić information content (AvgIpc) is 3.05. The third-order valence-corrected chi connectivity index (χ3v) is 3.23. The molecule has 1 atom stereocenters. The molecule has 17 heavy (non-hydrogen) atoms. The lowest BCUT2D eigenvalue weighted by molar-refractivity contribution is 0.0688. The van der Waals surface area contributed by atoms with Gasteiger partial charge in [0, 0.05) is 13.5 Å². The lowest BCUT2D eigenvalue weighted by atomic mass is 10.2. The number of rotatable bonds is 6. The summed E-state index contributed by atoms with van der Waals surface area (Å²) >= 11 is 0. The second kappa shape index (κ2) is 4.83. The van der Waals surface area contributed by atoms with E-state index in [1.54, 1.807) is 11.8 Å². The molecule has 1 fully saturated rings. The number of aromatic carboxylic acids is 1. The normalized spacial score (nSPS) is 17.1. The third kappa shape index (κ3) is 2.46. The van der Waals surface area contributed by atoms with Crippen molar-refractivity contribution in [2.24, 2.45) is 5.92 Å². The van der Waals surface area contributed by atoms with Gasteiger partial charge in [-0.3, -0.25) is 0 Å². The Morgan fingerprint density at radius 2 is 2.35 bits per heavy atom. The van der Waals surface area contributed by atoms with Crippen LogP contribution in [0.15, 0.2) is 0 Å². The smallest absolute Gasteiger partial charge is 0.358 e. The second-order valence-corrected chi connectivity index (χ2v) is 4.46. The maximum absolute atomic E-state index is 11.0. The highest BCUT2D eigenvalue weighted by Crippen LogP contribution is 2.39. The van der Waals surface area contributed by atoms with Crippen LogP contribution in [0.25, 0.3) is 0 Å². The van der Waals surface area contributed by atoms with Crippen molar-refractivity contribution in [2.75, 3.05) is 13.7 Å². The Labute approximate surface area is 99.6 Å². The maximum atomic E-state index is 11.0. The number of nitrogens with zero attached hydrogens (tertiary/aromatic N) is 3. The quantitative estimate of drug-likeness (QED) is 0.805. The van der Waals surface area contributed by atoms with Gasteiger partial charge in [-0.2, -0.15) is 0 Å². The van der Waals surface area contributed by atoms with E-state index in [9.17, 15) is 4.79 Å². The summed E-state index contributed by atoms with van der Waals surface area (Å²) in [7, 11) is 1.60. The predicted molar refractivity (Wildman–Crippen MR) is 60.0 cm³/mol. The number of carboxylic acid groups (broad SMARTS) is 1. The Morgan fingerprint density at radius 3 is 2.88 bits per heavy atom. The fraction of sp³-hybridized carbons (Fsp3) is 0.727. The molecule has 6 nitrogen and oxygen atoms in total. The number of hydrogen-bond acceptors (Lipinski definition) is 4. The Bertz CT molecular complexity index is 412. The molecule has 0 aromatic carbocycles. The highest BCUT2D eigenvalue weighted by atomic mass is 16.5. The SMILES string of the molecule is COCCc1c(C(=O)O)nnn1C(C)C1CC1. The Hall–Kier alpha value is -1.43. The topological polar surface area (TPSA) is 77.2 Å². The Kier molecular flexibility index (Phi) is 3.42. The lowest BCUT2D eigenvalue weighted by Crippen LogP contribution is -2.15. The first-order valence-electron chi connectivity index (χ1n) is 5.81. The van der Waals surface area contributed by atoms with E-state index in [2.05, 4.69) is 17.2 Å². The fourth-order valence-electron chi connectivity index (χ4n) is 2.02. The molecule has 1 saturated carbocycles. The van der Waals surface area contributed by atoms with Crippen molar-refractivity contribution in [2.45, 2.75) is 32.2 Å². The first-order chi connectivity index (χ1) is 8.15. The lowest BCUT2D eigenvalue weighted by Gasteiger charge is -2.13. The van der Waals surface area contributed by atoms with Crippen LogP contribution in [0.2, 0.25) is 0 Å². The number of carboxylic acids is 1. The number of methoxy groups -OCH3 is 1. The molecule has 0 saturated heterocycles. The summed E-state index contributed by atoms with van der Waals surface area (Å²) in [6.45, 7) is 2.54. The first-order valence-corrected chi connectivity index (χ1v) is 5.81. The fourth-order valence-corrected chi connectivity index (χ4v) is 2.02. The molecule has 0 spiro atoms. The summed E-state index contributed by atoms with van der Waals surface area (Å²) < 4.78 is 6.75. The summed E-state index contributed by atoms with van der Waals surface area (Å²) in [5, 5.41) is 16.8. The molecule has 1 heterocycles. The molecule has 1 N–H and O–H groups in total. The number of ether oxygens (including phenoxy) is 1. The van der Waals surface area contributed by atoms with Crippen LogP contribution in [0.3, 0.4) is 0 Å². The van der Waals surface area contributed by atoms with Crippen molar-refractivity contribution in [1.29, 1.82) is 0 Å². The molecule has 2 rings (SSSR count). The second-order valence-electron chi connectivity index (χ2n) is 4.46. The molecule has 0 amide bonds. The Morgan fingerprint density at radius 1 is 1.65 bits per heavy atom. The molecule has 0 radical (unpaired) electrons. The Balaban J connectivity index is 2.26. The van der Waals surface area contributed by atoms with Crippen LogP contribution in [0.1, 0.15) is 42.0 Å². The van der Waals surface area contributed by atoms with E-state index in [0.717, 1.165) is 0 Å². The van der Waals surface area contributed by atoms with Gasteiger partial charge >= 0.3 is 5.97 Å². The van der Waals surface area contributed by atoms with Gasteiger partial charge in [0.05, 0.1) is 18.3 Å². The van der Waals surface area contributed by atoms with Crippen LogP contribution < -0.4 is 0 Å². The molecule has 1 aliphatic rings. The molecule has 6 heteroatoms. The van der Waals surface area contributed by atoms with Crippen LogP contribution in [-0.2, 0) is 11.2 Å². The van der Waals surface area contributed by atoms with Crippen molar-refractivity contribution >= 4 is 5.97 Å². The standard InChI is InChI=1S/C11H17N3O3/c1-7(8-3-4-8)14-9(5-6-17-2)10(11(15)16)12-13-14/h7-8H,3-6H2,1-2H3,(H,15,16). The zero-order chi connectivity index (χ0) is 12.4. The van der Waals surface area contributed by atoms with Crippen LogP contribution in [0.5, 0.6) is 0 Å². The summed E-state index contributed by atoms with van der Waals surface area (Å²) in [5.41, 5.74) is 0.716. The maximum Gasteiger partial charge on any atom is 0.358 e. The molecule has 1 aliphatic carbocycles. The molecule has 94 valence electrons. The summed E-state index contributed by atoms with van der Waals surface area (Å²) in [5.74, 6) is -0.412. The molecular formula is C11H17N3O3. The minimum Gasteiger partial charge on any atom is -0.476 e. The zero-order valence-electron chi connectivity index (χ0n) is 10.1. The van der Waals surface area contributed by atoms with E-state index < -0.39 is 5.97 Å². The zero-order valence-corrected chi connectivity index (χ0v) is 10.1. The minimum absolute atomic E-state index is 0.0505. The monoisotopic (exact) mass is 239 g/mol. The van der Waals surface area contributed by atoms with E-state index in [-0.39, 0.29) is 11.7 Å². The first kappa shape index (κ1) is 12.0. The molecule has 1 aromatic heterocycles. The van der Waals surface area contributed by atoms with E-state index >= 15 is 0 Å². The number of carbonyl (C=O) groups is 1. The minimum atomic E-state index is -1.02. The van der Waals surface area contributed by atoms with Gasteiger partial charge in [-0.25, -0.2) is 9.48 Å². The van der Waals surface area contributed by atoms with Crippen LogP contribution in [0, 0.1) is 5.92 Å². The highest BCUT2D eigenvalue weighted by molar-refractivity contribution is 5.86. The number of hydrogen-bond donors (Lipinski definition) is 1. The van der Waals surface area contributed by atoms with Gasteiger partial charge in [-0.15, -0.1) is 5.10 Å². The third-order valence-electron chi connectivity index (χ3n) is 3.23. The van der Waals surface area contributed by atoms with Crippen molar-refractivity contribution in [3.63, 3.8) is 0 Å². The van der Waals surface area contributed by atoms with E-state index in [0.29, 0.717) is 24.6 Å². The van der Waals surface area contributed by atoms with Gasteiger partial charge < -0.3 is 9.84 Å². The number of aromatic nitrogens is 3. The van der Waals surface area contributed by atoms with E-state index in [1.807, 2.05) is 0 Å². The van der Waals surface area contributed by atoms with Crippen molar-refractivity contribution in [1.82, 2.24) is 15.0 Å². The summed E-state index contributed by atoms with van der Waals surface area (Å²) in [6.07, 6.45) is 2.91. The predicted octanol–water partition coefficient (Wildman–Crippen LogP) is 1.14. The molecule has 1 unspecified atom stereocenters. The van der Waals surface area contributed by atoms with Crippen LogP contribution in [0.4, 0.5) is 0 Å². The molecule has 0 aliphatic heterocycles. The van der Waals surface area contributed by atoms with E-state index in [4.69, 9.17) is 9.84 Å². The molecule has 1 aromatic rings. The van der Waals surface area contributed by atoms with Gasteiger partial charge in [0.1, 0.15) is 0 Å². The summed E-state index contributed by atoms with van der Waals surface area (Å²) in [6, 6.07) is 0.224. The van der Waals surface area contributed by atoms with E-state index in [1.165, 1.54) is 12.8 Å². The van der Waals surface area contributed by atoms with Gasteiger partial charge in [0.2, 0.25) is 0 Å². The van der Waals surface area contributed by atoms with Crippen molar-refractivity contribution < 1.29 is 14.6 Å². The van der Waals surface area contributed by atoms with Gasteiger partial charge in [0.15, 0.2) is 5.69 Å². The summed E-state index contributed by atoms with van der Waals surface area (Å²) in [4.78, 5) is 11.0. The highest BCUT2D eigenvalue weighted by Gasteiger charge is 2.32. The van der Waals surface area contributed by atoms with Gasteiger partial charge in [-0.05, 0) is 25.7 Å². The average molecular weight is 239 g/mol. The molecular weight excluding hydrogens is 222 g/mol. The van der Waals surface area contributed by atoms with Crippen LogP contribution >= 0.6 is 0 Å². The van der Waals surface area contributed by atoms with Gasteiger partial charge in [0.25, 0.3) is 0 Å². The van der Waals surface area contributed by atoms with Gasteiger partial charge in [-0.1, -0.05) is 5.21 Å². The van der Waals surface area contributed by atoms with Crippen LogP contribution in [-0.4, -0.2) is 39.8 Å². The molecule has 0 bridgehead atoms. The van der Waals surface area contributed by atoms with Crippen molar-refractivity contribution in [3.05, 3.63) is 11.4 Å². The largest absolute Gasteiger partial charge is 0.476 e.